The van der Waals surface area contributed by atoms with Crippen LogP contribution in [0.5, 0.6) is 5.75 Å². The summed E-state index contributed by atoms with van der Waals surface area (Å²) in [6.45, 7) is 3.35. The molecule has 0 unspecified atom stereocenters. The largest absolute Gasteiger partial charge is 0.497 e. The number of ether oxygens (including phenoxy) is 1. The summed E-state index contributed by atoms with van der Waals surface area (Å²) in [4.78, 5) is 12.7. The molecule has 2 rings (SSSR count). The fourth-order valence-electron chi connectivity index (χ4n) is 2.52. The van der Waals surface area contributed by atoms with Crippen LogP contribution in [0.1, 0.15) is 12.5 Å². The molecule has 6 nitrogen and oxygen atoms in total. The number of benzene rings is 2. The number of methoxy groups -OCH3 is 1. The van der Waals surface area contributed by atoms with E-state index in [1.807, 2.05) is 6.92 Å². The molecular weight excluding hydrogens is 376 g/mol. The van der Waals surface area contributed by atoms with Crippen LogP contribution in [-0.4, -0.2) is 33.7 Å². The molecule has 2 aromatic rings. The van der Waals surface area contributed by atoms with Gasteiger partial charge in [0.25, 0.3) is 0 Å². The van der Waals surface area contributed by atoms with Gasteiger partial charge in [-0.25, -0.2) is 8.42 Å². The molecule has 0 aliphatic rings. The van der Waals surface area contributed by atoms with E-state index < -0.39 is 22.0 Å². The van der Waals surface area contributed by atoms with Crippen LogP contribution in [0, 0.1) is 6.92 Å². The minimum atomic E-state index is -3.71. The average Bonchev–Trinajstić information content (AvgIpc) is 2.57. The predicted molar refractivity (Wildman–Crippen MR) is 105 cm³/mol. The highest BCUT2D eigenvalue weighted by Gasteiger charge is 2.29. The van der Waals surface area contributed by atoms with Crippen LogP contribution in [-0.2, 0) is 14.8 Å². The number of hydrogen-bond acceptors (Lipinski definition) is 4. The molecule has 1 atom stereocenters. The van der Waals surface area contributed by atoms with Crippen molar-refractivity contribution >= 4 is 38.9 Å². The van der Waals surface area contributed by atoms with E-state index in [-0.39, 0.29) is 0 Å². The van der Waals surface area contributed by atoms with Crippen LogP contribution in [0.25, 0.3) is 0 Å². The molecule has 0 aliphatic heterocycles. The molecule has 2 aromatic carbocycles. The number of carbonyl (C=O) groups is 1. The van der Waals surface area contributed by atoms with E-state index >= 15 is 0 Å². The monoisotopic (exact) mass is 396 g/mol. The van der Waals surface area contributed by atoms with Crippen molar-refractivity contribution in [3.63, 3.8) is 0 Å². The minimum absolute atomic E-state index is 0.345. The number of aryl methyl sites for hydroxylation is 1. The quantitative estimate of drug-likeness (QED) is 0.811. The average molecular weight is 397 g/mol. The highest BCUT2D eigenvalue weighted by Crippen LogP contribution is 2.26. The van der Waals surface area contributed by atoms with Crippen LogP contribution >= 0.6 is 11.6 Å². The van der Waals surface area contributed by atoms with Crippen LogP contribution in [0.3, 0.4) is 0 Å². The molecule has 0 aromatic heterocycles. The van der Waals surface area contributed by atoms with Gasteiger partial charge in [-0.3, -0.25) is 9.10 Å². The number of halogens is 1. The number of rotatable bonds is 6. The van der Waals surface area contributed by atoms with Crippen LogP contribution in [0.15, 0.2) is 42.5 Å². The maximum absolute atomic E-state index is 12.7. The topological polar surface area (TPSA) is 75.7 Å². The second-order valence-corrected chi connectivity index (χ2v) is 8.18. The number of nitrogens with one attached hydrogen (secondary N) is 1. The van der Waals surface area contributed by atoms with E-state index in [2.05, 4.69) is 5.32 Å². The summed E-state index contributed by atoms with van der Waals surface area (Å²) in [5.41, 5.74) is 1.70. The molecule has 26 heavy (non-hydrogen) atoms. The Morgan fingerprint density at radius 2 is 1.92 bits per heavy atom. The lowest BCUT2D eigenvalue weighted by atomic mass is 10.2. The van der Waals surface area contributed by atoms with E-state index in [1.165, 1.54) is 14.0 Å². The molecular formula is C18H21ClN2O4S. The van der Waals surface area contributed by atoms with Crippen molar-refractivity contribution in [3.05, 3.63) is 53.1 Å². The van der Waals surface area contributed by atoms with Gasteiger partial charge in [-0.2, -0.15) is 0 Å². The number of amides is 1. The molecule has 0 saturated carbocycles. The smallest absolute Gasteiger partial charge is 0.248 e. The number of nitrogens with zero attached hydrogens (tertiary/aromatic N) is 1. The molecule has 1 N–H and O–H groups in total. The zero-order chi connectivity index (χ0) is 19.5. The molecule has 8 heteroatoms. The lowest BCUT2D eigenvalue weighted by molar-refractivity contribution is -0.116. The van der Waals surface area contributed by atoms with Crippen molar-refractivity contribution in [3.8, 4) is 5.75 Å². The van der Waals surface area contributed by atoms with Gasteiger partial charge < -0.3 is 10.1 Å². The van der Waals surface area contributed by atoms with Gasteiger partial charge in [-0.05, 0) is 43.7 Å². The van der Waals surface area contributed by atoms with E-state index in [0.29, 0.717) is 22.1 Å². The molecule has 1 amide bonds. The predicted octanol–water partition coefficient (Wildman–Crippen LogP) is 3.45. The molecule has 140 valence electrons. The Labute approximate surface area is 158 Å². The first-order valence-electron chi connectivity index (χ1n) is 7.84. The Balaban J connectivity index is 2.36. The summed E-state index contributed by atoms with van der Waals surface area (Å²) < 4.78 is 30.9. The lowest BCUT2D eigenvalue weighted by Gasteiger charge is -2.28. The van der Waals surface area contributed by atoms with Crippen molar-refractivity contribution in [2.45, 2.75) is 19.9 Å². The summed E-state index contributed by atoms with van der Waals surface area (Å²) in [5, 5.41) is 3.22. The second kappa shape index (κ2) is 7.97. The van der Waals surface area contributed by atoms with Gasteiger partial charge in [0.15, 0.2) is 0 Å². The van der Waals surface area contributed by atoms with Gasteiger partial charge in [0, 0.05) is 16.8 Å². The van der Waals surface area contributed by atoms with E-state index in [9.17, 15) is 13.2 Å². The molecule has 0 radical (unpaired) electrons. The van der Waals surface area contributed by atoms with Gasteiger partial charge in [-0.15, -0.1) is 0 Å². The van der Waals surface area contributed by atoms with Crippen molar-refractivity contribution in [2.24, 2.45) is 0 Å². The third kappa shape index (κ3) is 4.68. The fourth-order valence-corrected chi connectivity index (χ4v) is 3.86. The second-order valence-electron chi connectivity index (χ2n) is 5.88. The van der Waals surface area contributed by atoms with Gasteiger partial charge >= 0.3 is 0 Å². The highest BCUT2D eigenvalue weighted by molar-refractivity contribution is 7.92. The molecule has 0 spiro atoms. The van der Waals surface area contributed by atoms with Gasteiger partial charge in [0.05, 0.1) is 19.1 Å². The first-order chi connectivity index (χ1) is 12.1. The Morgan fingerprint density at radius 3 is 2.54 bits per heavy atom. The number of carbonyl (C=O) groups excluding carboxylic acids is 1. The zero-order valence-electron chi connectivity index (χ0n) is 15.0. The maximum atomic E-state index is 12.7. The number of sulfonamides is 1. The normalized spacial score (nSPS) is 12.3. The van der Waals surface area contributed by atoms with Gasteiger partial charge in [-0.1, -0.05) is 23.7 Å². The van der Waals surface area contributed by atoms with Crippen molar-refractivity contribution in [1.82, 2.24) is 0 Å². The standard InChI is InChI=1S/C18H21ClN2O4S/c1-12-8-9-14(19)10-17(12)20-18(22)13(2)21(26(4,23)24)15-6-5-7-16(11-15)25-3/h5-11,13H,1-4H3,(H,20,22)/t13-/m1/s1. The highest BCUT2D eigenvalue weighted by atomic mass is 35.5. The zero-order valence-corrected chi connectivity index (χ0v) is 16.6. The van der Waals surface area contributed by atoms with Crippen LogP contribution in [0.4, 0.5) is 11.4 Å². The van der Waals surface area contributed by atoms with Crippen molar-refractivity contribution in [1.29, 1.82) is 0 Å². The Hall–Kier alpha value is -2.25. The maximum Gasteiger partial charge on any atom is 0.248 e. The van der Waals surface area contributed by atoms with Crippen LogP contribution in [0.2, 0.25) is 5.02 Å². The van der Waals surface area contributed by atoms with E-state index in [0.717, 1.165) is 16.1 Å². The van der Waals surface area contributed by atoms with Crippen molar-refractivity contribution < 1.29 is 17.9 Å². The van der Waals surface area contributed by atoms with E-state index in [4.69, 9.17) is 16.3 Å². The summed E-state index contributed by atoms with van der Waals surface area (Å²) in [7, 11) is -2.22. The lowest BCUT2D eigenvalue weighted by Crippen LogP contribution is -2.45. The Morgan fingerprint density at radius 1 is 1.23 bits per heavy atom. The Kier molecular flexibility index (Phi) is 6.15. The number of hydrogen-bond donors (Lipinski definition) is 1. The minimum Gasteiger partial charge on any atom is -0.497 e. The molecule has 0 bridgehead atoms. The Bertz CT molecular complexity index is 915. The molecule has 0 heterocycles. The van der Waals surface area contributed by atoms with Gasteiger partial charge in [0.2, 0.25) is 15.9 Å². The van der Waals surface area contributed by atoms with Gasteiger partial charge in [0.1, 0.15) is 11.8 Å². The SMILES string of the molecule is COc1cccc(N([C@H](C)C(=O)Nc2cc(Cl)ccc2C)S(C)(=O)=O)c1. The first kappa shape index (κ1) is 20.1. The molecule has 0 aliphatic carbocycles. The number of anilines is 2. The summed E-state index contributed by atoms with van der Waals surface area (Å²) in [5.74, 6) is 0.0260. The first-order valence-corrected chi connectivity index (χ1v) is 10.1. The summed E-state index contributed by atoms with van der Waals surface area (Å²) in [6, 6.07) is 10.7. The summed E-state index contributed by atoms with van der Waals surface area (Å²) in [6.07, 6.45) is 1.06. The summed E-state index contributed by atoms with van der Waals surface area (Å²) >= 11 is 5.97. The third-order valence-electron chi connectivity index (χ3n) is 3.85. The third-order valence-corrected chi connectivity index (χ3v) is 5.33. The van der Waals surface area contributed by atoms with Crippen LogP contribution < -0.4 is 14.4 Å². The fraction of sp³-hybridized carbons (Fsp3) is 0.278. The van der Waals surface area contributed by atoms with Crippen molar-refractivity contribution in [2.75, 3.05) is 23.0 Å². The molecule has 0 fully saturated rings. The molecule has 0 saturated heterocycles. The van der Waals surface area contributed by atoms with E-state index in [1.54, 1.807) is 42.5 Å².